The summed E-state index contributed by atoms with van der Waals surface area (Å²) in [4.78, 5) is 0. The summed E-state index contributed by atoms with van der Waals surface area (Å²) in [5.74, 6) is 0. The maximum Gasteiger partial charge on any atom is 0.0988 e. The minimum absolute atomic E-state index is 0.0125. The maximum atomic E-state index is 8.86. The van der Waals surface area contributed by atoms with E-state index in [4.69, 9.17) is 9.84 Å². The molecule has 0 saturated carbocycles. The van der Waals surface area contributed by atoms with Crippen LogP contribution < -0.4 is 0 Å². The Labute approximate surface area is 103 Å². The molecule has 1 N–H and O–H groups in total. The number of aliphatic hydroxyl groups is 1. The summed E-state index contributed by atoms with van der Waals surface area (Å²) in [6.45, 7) is 4.08. The number of hydrogen-bond acceptors (Lipinski definition) is 2. The second-order valence-corrected chi connectivity index (χ2v) is 3.79. The third-order valence-corrected chi connectivity index (χ3v) is 2.46. The van der Waals surface area contributed by atoms with Gasteiger partial charge in [0.2, 0.25) is 0 Å². The van der Waals surface area contributed by atoms with Crippen LogP contribution in [0.4, 0.5) is 0 Å². The van der Waals surface area contributed by atoms with Crippen molar-refractivity contribution in [1.29, 1.82) is 0 Å². The highest BCUT2D eigenvalue weighted by molar-refractivity contribution is 5.15. The minimum Gasteiger partial charge on any atom is -0.393 e. The molecular weight excluding hydrogens is 212 g/mol. The molecule has 0 aromatic heterocycles. The number of allylic oxidation sites excluding steroid dienone is 1. The van der Waals surface area contributed by atoms with Crippen molar-refractivity contribution in [3.05, 3.63) is 60.7 Å². The summed E-state index contributed by atoms with van der Waals surface area (Å²) in [7, 11) is 0. The molecule has 2 nitrogen and oxygen atoms in total. The van der Waals surface area contributed by atoms with Crippen LogP contribution in [0.3, 0.4) is 0 Å². The molecule has 1 rings (SSSR count). The zero-order valence-corrected chi connectivity index (χ0v) is 10.1. The summed E-state index contributed by atoms with van der Waals surface area (Å²) in [6.07, 6.45) is 7.49. The SMILES string of the molecule is C=C[C@H](CO)OC/C=C/CCc1ccccc1. The Balaban J connectivity index is 2.12. The van der Waals surface area contributed by atoms with Gasteiger partial charge < -0.3 is 9.84 Å². The molecule has 0 fully saturated rings. The summed E-state index contributed by atoms with van der Waals surface area (Å²) < 4.78 is 5.34. The van der Waals surface area contributed by atoms with Crippen LogP contribution in [0.1, 0.15) is 12.0 Å². The molecule has 0 bridgehead atoms. The van der Waals surface area contributed by atoms with Crippen molar-refractivity contribution in [2.24, 2.45) is 0 Å². The van der Waals surface area contributed by atoms with Gasteiger partial charge in [-0.1, -0.05) is 48.6 Å². The fraction of sp³-hybridized carbons (Fsp3) is 0.333. The molecule has 0 aliphatic heterocycles. The van der Waals surface area contributed by atoms with E-state index >= 15 is 0 Å². The van der Waals surface area contributed by atoms with Gasteiger partial charge in [0, 0.05) is 0 Å². The first-order chi connectivity index (χ1) is 8.36. The lowest BCUT2D eigenvalue weighted by atomic mass is 10.1. The molecule has 0 amide bonds. The Morgan fingerprint density at radius 3 is 2.65 bits per heavy atom. The van der Waals surface area contributed by atoms with E-state index in [-0.39, 0.29) is 12.7 Å². The number of aryl methyl sites for hydroxylation is 1. The van der Waals surface area contributed by atoms with Gasteiger partial charge in [0.1, 0.15) is 0 Å². The molecular formula is C15H20O2. The normalized spacial score (nSPS) is 12.8. The van der Waals surface area contributed by atoms with Gasteiger partial charge in [-0.25, -0.2) is 0 Å². The van der Waals surface area contributed by atoms with Crippen LogP contribution in [-0.2, 0) is 11.2 Å². The second kappa shape index (κ2) is 8.74. The molecule has 1 atom stereocenters. The van der Waals surface area contributed by atoms with Gasteiger partial charge in [-0.15, -0.1) is 6.58 Å². The lowest BCUT2D eigenvalue weighted by molar-refractivity contribution is 0.0601. The van der Waals surface area contributed by atoms with E-state index in [2.05, 4.69) is 36.9 Å². The molecule has 0 saturated heterocycles. The average molecular weight is 232 g/mol. The molecule has 17 heavy (non-hydrogen) atoms. The Morgan fingerprint density at radius 2 is 2.00 bits per heavy atom. The third-order valence-electron chi connectivity index (χ3n) is 2.46. The summed E-state index contributed by atoms with van der Waals surface area (Å²) in [6, 6.07) is 10.4. The van der Waals surface area contributed by atoms with Gasteiger partial charge >= 0.3 is 0 Å². The minimum atomic E-state index is -0.256. The fourth-order valence-corrected chi connectivity index (χ4v) is 1.46. The molecule has 0 heterocycles. The van der Waals surface area contributed by atoms with E-state index in [1.165, 1.54) is 5.56 Å². The van der Waals surface area contributed by atoms with Gasteiger partial charge in [-0.2, -0.15) is 0 Å². The van der Waals surface area contributed by atoms with Crippen LogP contribution in [0, 0.1) is 0 Å². The number of benzene rings is 1. The first kappa shape index (κ1) is 13.7. The second-order valence-electron chi connectivity index (χ2n) is 3.79. The Hall–Kier alpha value is -1.38. The van der Waals surface area contributed by atoms with Crippen LogP contribution in [0.5, 0.6) is 0 Å². The molecule has 1 aromatic rings. The summed E-state index contributed by atoms with van der Waals surface area (Å²) in [5.41, 5.74) is 1.34. The lowest BCUT2D eigenvalue weighted by Crippen LogP contribution is -2.14. The quantitative estimate of drug-likeness (QED) is 0.698. The summed E-state index contributed by atoms with van der Waals surface area (Å²) in [5, 5.41) is 8.86. The molecule has 2 heteroatoms. The standard InChI is InChI=1S/C15H20O2/c1-2-15(13-16)17-12-8-4-7-11-14-9-5-3-6-10-14/h2-6,8-10,15-16H,1,7,11-13H2/b8-4+/t15-/m1/s1. The van der Waals surface area contributed by atoms with Gasteiger partial charge in [0.05, 0.1) is 19.3 Å². The van der Waals surface area contributed by atoms with Crippen LogP contribution in [0.25, 0.3) is 0 Å². The summed E-state index contributed by atoms with van der Waals surface area (Å²) >= 11 is 0. The fourth-order valence-electron chi connectivity index (χ4n) is 1.46. The highest BCUT2D eigenvalue weighted by Gasteiger charge is 1.98. The van der Waals surface area contributed by atoms with Crippen molar-refractivity contribution in [1.82, 2.24) is 0 Å². The first-order valence-corrected chi connectivity index (χ1v) is 5.90. The van der Waals surface area contributed by atoms with Gasteiger partial charge in [0.25, 0.3) is 0 Å². The average Bonchev–Trinajstić information content (AvgIpc) is 2.39. The van der Waals surface area contributed by atoms with Gasteiger partial charge in [0.15, 0.2) is 0 Å². The highest BCUT2D eigenvalue weighted by atomic mass is 16.5. The first-order valence-electron chi connectivity index (χ1n) is 5.90. The third kappa shape index (κ3) is 6.05. The van der Waals surface area contributed by atoms with Crippen molar-refractivity contribution in [3.63, 3.8) is 0 Å². The molecule has 92 valence electrons. The smallest absolute Gasteiger partial charge is 0.0988 e. The predicted octanol–water partition coefficient (Wildman–Crippen LogP) is 2.74. The predicted molar refractivity (Wildman–Crippen MR) is 70.9 cm³/mol. The van der Waals surface area contributed by atoms with E-state index < -0.39 is 0 Å². The van der Waals surface area contributed by atoms with E-state index in [1.807, 2.05) is 12.1 Å². The van der Waals surface area contributed by atoms with Crippen LogP contribution in [-0.4, -0.2) is 24.4 Å². The van der Waals surface area contributed by atoms with E-state index in [0.717, 1.165) is 12.8 Å². The maximum absolute atomic E-state index is 8.86. The van der Waals surface area contributed by atoms with E-state index in [1.54, 1.807) is 6.08 Å². The van der Waals surface area contributed by atoms with Crippen molar-refractivity contribution >= 4 is 0 Å². The Kier molecular flexibility index (Phi) is 7.03. The topological polar surface area (TPSA) is 29.5 Å². The molecule has 0 radical (unpaired) electrons. The number of hydrogen-bond donors (Lipinski definition) is 1. The Morgan fingerprint density at radius 1 is 1.24 bits per heavy atom. The number of aliphatic hydroxyl groups excluding tert-OH is 1. The molecule has 1 aromatic carbocycles. The van der Waals surface area contributed by atoms with Crippen LogP contribution in [0.2, 0.25) is 0 Å². The Bertz CT molecular complexity index is 330. The van der Waals surface area contributed by atoms with Crippen molar-refractivity contribution < 1.29 is 9.84 Å². The van der Waals surface area contributed by atoms with Crippen molar-refractivity contribution in [2.45, 2.75) is 18.9 Å². The largest absolute Gasteiger partial charge is 0.393 e. The van der Waals surface area contributed by atoms with Crippen molar-refractivity contribution in [3.8, 4) is 0 Å². The molecule has 0 aliphatic rings. The monoisotopic (exact) mass is 232 g/mol. The van der Waals surface area contributed by atoms with Crippen LogP contribution in [0.15, 0.2) is 55.1 Å². The molecule has 0 unspecified atom stereocenters. The lowest BCUT2D eigenvalue weighted by Gasteiger charge is -2.07. The van der Waals surface area contributed by atoms with E-state index in [0.29, 0.717) is 6.61 Å². The van der Waals surface area contributed by atoms with Crippen molar-refractivity contribution in [2.75, 3.05) is 13.2 Å². The van der Waals surface area contributed by atoms with E-state index in [9.17, 15) is 0 Å². The zero-order chi connectivity index (χ0) is 12.3. The number of rotatable bonds is 8. The number of ether oxygens (including phenoxy) is 1. The molecule has 0 spiro atoms. The zero-order valence-electron chi connectivity index (χ0n) is 10.1. The highest BCUT2D eigenvalue weighted by Crippen LogP contribution is 2.02. The van der Waals surface area contributed by atoms with Crippen LogP contribution >= 0.6 is 0 Å². The van der Waals surface area contributed by atoms with Gasteiger partial charge in [-0.05, 0) is 18.4 Å². The van der Waals surface area contributed by atoms with Gasteiger partial charge in [-0.3, -0.25) is 0 Å². The molecule has 0 aliphatic carbocycles.